The van der Waals surface area contributed by atoms with Crippen molar-refractivity contribution in [1.29, 1.82) is 0 Å². The topological polar surface area (TPSA) is 152 Å². The number of nitrogens with zero attached hydrogens (tertiary/aromatic N) is 2. The molecule has 0 aliphatic carbocycles. The van der Waals surface area contributed by atoms with E-state index in [0.29, 0.717) is 60.4 Å². The first-order valence-electron chi connectivity index (χ1n) is 28.8. The van der Waals surface area contributed by atoms with E-state index in [9.17, 15) is 29.4 Å². The Hall–Kier alpha value is -7.08. The number of ketones is 2. The van der Waals surface area contributed by atoms with E-state index in [0.717, 1.165) is 47.3 Å². The highest BCUT2D eigenvalue weighted by Gasteiger charge is 2.30. The summed E-state index contributed by atoms with van der Waals surface area (Å²) in [7, 11) is 0. The van der Waals surface area contributed by atoms with E-state index in [4.69, 9.17) is 19.1 Å². The number of phenolic OH excluding ortho intramolecular Hbond substituents is 2. The molecule has 0 radical (unpaired) electrons. The lowest BCUT2D eigenvalue weighted by atomic mass is 9.76. The summed E-state index contributed by atoms with van der Waals surface area (Å²) in [5.41, 5.74) is 4.87. The van der Waals surface area contributed by atoms with Crippen LogP contribution in [0.2, 0.25) is 0 Å². The van der Waals surface area contributed by atoms with E-state index in [2.05, 4.69) is 119 Å². The molecule has 0 atom stereocenters. The maximum Gasteiger partial charge on any atom is 0.252 e. The third kappa shape index (κ3) is 14.6. The first-order valence-corrected chi connectivity index (χ1v) is 28.8. The number of ether oxygens (including phenoxy) is 2. The molecule has 0 aromatic heterocycles. The van der Waals surface area contributed by atoms with Crippen molar-refractivity contribution in [3.05, 3.63) is 130 Å². The van der Waals surface area contributed by atoms with Gasteiger partial charge >= 0.3 is 0 Å². The number of benzene rings is 6. The number of aromatic hydroxyl groups is 2. The Morgan fingerprint density at radius 1 is 0.438 bits per heavy atom. The Morgan fingerprint density at radius 2 is 0.775 bits per heavy atom. The fraction of sp³-hybridized carbons (Fsp3) is 0.471. The first kappa shape index (κ1) is 62.1. The van der Waals surface area contributed by atoms with E-state index < -0.39 is 11.8 Å². The summed E-state index contributed by atoms with van der Waals surface area (Å²) in [6.45, 7) is 29.8. The molecule has 2 amide bonds. The summed E-state index contributed by atoms with van der Waals surface area (Å²) >= 11 is 0. The van der Waals surface area contributed by atoms with Crippen molar-refractivity contribution in [1.82, 2.24) is 10.1 Å². The monoisotopic (exact) mass is 1090 g/mol. The molecule has 0 aliphatic rings. The minimum absolute atomic E-state index is 0.0326. The van der Waals surface area contributed by atoms with Crippen molar-refractivity contribution >= 4 is 44.9 Å². The number of carbonyl (C=O) groups excluding carboxylic acids is 4. The molecule has 0 saturated carbocycles. The number of hydrogen-bond donors (Lipinski definition) is 2. The minimum atomic E-state index is -0.500. The quantitative estimate of drug-likeness (QED) is 0.0264. The Labute approximate surface area is 475 Å². The summed E-state index contributed by atoms with van der Waals surface area (Å²) < 4.78 is 12.8. The molecule has 6 rings (SSSR count). The van der Waals surface area contributed by atoms with Crippen molar-refractivity contribution in [2.24, 2.45) is 0 Å². The molecule has 80 heavy (non-hydrogen) atoms. The SMILES string of the molecule is CCC(C)(C)c1ccc(OCCCCC(=O)c2cc(ON(CCN(Oc3cc(C(=O)CCCCOc4ccc(C(C)(C)CC)cc4C(C)(C)CC)c(O)c4ccccc34)C(C)=O)C(C)=O)c3ccccc3c2O)c(C(C)(C)CC)c1. The van der Waals surface area contributed by atoms with Gasteiger partial charge < -0.3 is 29.4 Å². The lowest BCUT2D eigenvalue weighted by Gasteiger charge is -2.30. The van der Waals surface area contributed by atoms with Gasteiger partial charge in [-0.3, -0.25) is 19.2 Å². The van der Waals surface area contributed by atoms with Gasteiger partial charge in [-0.1, -0.05) is 156 Å². The number of carbonyl (C=O) groups is 4. The second-order valence-electron chi connectivity index (χ2n) is 23.9. The third-order valence-corrected chi connectivity index (χ3v) is 16.8. The molecule has 0 saturated heterocycles. The average Bonchev–Trinajstić information content (AvgIpc) is 3.46. The molecule has 6 aromatic rings. The van der Waals surface area contributed by atoms with Gasteiger partial charge in [-0.2, -0.15) is 10.1 Å². The predicted molar refractivity (Wildman–Crippen MR) is 321 cm³/mol. The van der Waals surface area contributed by atoms with Crippen LogP contribution in [0.5, 0.6) is 34.5 Å². The van der Waals surface area contributed by atoms with Crippen molar-refractivity contribution in [2.75, 3.05) is 26.3 Å². The lowest BCUT2D eigenvalue weighted by Crippen LogP contribution is -2.42. The number of fused-ring (bicyclic) bond motifs is 2. The van der Waals surface area contributed by atoms with Gasteiger partial charge in [0.05, 0.1) is 37.4 Å². The lowest BCUT2D eigenvalue weighted by molar-refractivity contribution is -0.167. The summed E-state index contributed by atoms with van der Waals surface area (Å²) in [5, 5.41) is 26.8. The highest BCUT2D eigenvalue weighted by Crippen LogP contribution is 2.42. The number of amides is 2. The van der Waals surface area contributed by atoms with Gasteiger partial charge in [0.15, 0.2) is 23.1 Å². The van der Waals surface area contributed by atoms with E-state index >= 15 is 0 Å². The largest absolute Gasteiger partial charge is 0.507 e. The molecule has 0 heterocycles. The number of phenols is 2. The van der Waals surface area contributed by atoms with Crippen molar-refractivity contribution in [3.63, 3.8) is 0 Å². The molecule has 0 bridgehead atoms. The van der Waals surface area contributed by atoms with E-state index in [1.54, 1.807) is 48.5 Å². The molecule has 12 nitrogen and oxygen atoms in total. The van der Waals surface area contributed by atoms with Crippen molar-refractivity contribution in [3.8, 4) is 34.5 Å². The maximum absolute atomic E-state index is 13.9. The van der Waals surface area contributed by atoms with Crippen LogP contribution < -0.4 is 19.1 Å². The zero-order valence-electron chi connectivity index (χ0n) is 50.2. The summed E-state index contributed by atoms with van der Waals surface area (Å²) in [6.07, 6.45) is 6.39. The Balaban J connectivity index is 1.12. The van der Waals surface area contributed by atoms with Gasteiger partial charge in [0, 0.05) is 59.4 Å². The molecule has 12 heteroatoms. The molecule has 2 N–H and O–H groups in total. The van der Waals surface area contributed by atoms with Gasteiger partial charge in [-0.25, -0.2) is 0 Å². The highest BCUT2D eigenvalue weighted by atomic mass is 16.7. The molecule has 0 spiro atoms. The summed E-state index contributed by atoms with van der Waals surface area (Å²) in [5.74, 6) is 0.0390. The third-order valence-electron chi connectivity index (χ3n) is 16.8. The van der Waals surface area contributed by atoms with Gasteiger partial charge in [-0.05, 0) is 108 Å². The first-order chi connectivity index (χ1) is 37.8. The molecule has 0 fully saturated rings. The van der Waals surface area contributed by atoms with Crippen LogP contribution in [0.1, 0.15) is 204 Å². The number of hydroxylamine groups is 4. The molecular weight excluding hydrogens is 1000 g/mol. The summed E-state index contributed by atoms with van der Waals surface area (Å²) in [4.78, 5) is 67.0. The van der Waals surface area contributed by atoms with Crippen LogP contribution >= 0.6 is 0 Å². The van der Waals surface area contributed by atoms with Crippen LogP contribution in [-0.4, -0.2) is 70.0 Å². The van der Waals surface area contributed by atoms with Gasteiger partial charge in [-0.15, -0.1) is 0 Å². The van der Waals surface area contributed by atoms with Crippen molar-refractivity contribution in [2.45, 2.75) is 183 Å². The Bertz CT molecular complexity index is 2960. The minimum Gasteiger partial charge on any atom is -0.507 e. The zero-order valence-corrected chi connectivity index (χ0v) is 50.2. The van der Waals surface area contributed by atoms with E-state index in [1.807, 2.05) is 0 Å². The smallest absolute Gasteiger partial charge is 0.252 e. The maximum atomic E-state index is 13.9. The number of hydrogen-bond acceptors (Lipinski definition) is 10. The number of unbranched alkanes of at least 4 members (excludes halogenated alkanes) is 2. The van der Waals surface area contributed by atoms with E-state index in [-0.39, 0.29) is 93.3 Å². The second kappa shape index (κ2) is 26.5. The molecular formula is C68H88N2O10. The average molecular weight is 1090 g/mol. The van der Waals surface area contributed by atoms with Gasteiger partial charge in [0.25, 0.3) is 11.8 Å². The fourth-order valence-electron chi connectivity index (χ4n) is 9.59. The highest BCUT2D eigenvalue weighted by molar-refractivity contribution is 6.07. The van der Waals surface area contributed by atoms with Crippen LogP contribution in [0.25, 0.3) is 21.5 Å². The van der Waals surface area contributed by atoms with Crippen LogP contribution in [0, 0.1) is 0 Å². The molecule has 430 valence electrons. The van der Waals surface area contributed by atoms with Crippen LogP contribution in [0.3, 0.4) is 0 Å². The zero-order chi connectivity index (χ0) is 58.7. The molecule has 0 aliphatic heterocycles. The normalized spacial score (nSPS) is 12.1. The fourth-order valence-corrected chi connectivity index (χ4v) is 9.59. The Morgan fingerprint density at radius 3 is 1.10 bits per heavy atom. The standard InChI is InChI=1S/C68H88N2O10/c1-15-65(7,8)47-33-35-59(55(41-47)67(11,12)17-3)77-39-25-23-31-57(73)53-43-61(49-27-19-21-29-51(49)63(53)75)79-69(45(5)71)37-38-70(46(6)72)80-62-44-54(64(76)52-30-22-20-28-50(52)62)58(74)32-24-26-40-78-60-36-34-48(66(9,10)16-2)42-56(60)68(13,14)18-4/h19-22,27-30,33-36,41-44,75-76H,15-18,23-26,31-32,37-40H2,1-14H3. The molecule has 6 aromatic carbocycles. The van der Waals surface area contributed by atoms with Crippen LogP contribution in [0.4, 0.5) is 0 Å². The summed E-state index contributed by atoms with van der Waals surface area (Å²) in [6, 6.07) is 29.7. The predicted octanol–water partition coefficient (Wildman–Crippen LogP) is 16.0. The van der Waals surface area contributed by atoms with Gasteiger partial charge in [0.1, 0.15) is 23.0 Å². The van der Waals surface area contributed by atoms with E-state index in [1.165, 1.54) is 48.2 Å². The van der Waals surface area contributed by atoms with Crippen LogP contribution in [0.15, 0.2) is 97.1 Å². The van der Waals surface area contributed by atoms with Crippen LogP contribution in [-0.2, 0) is 31.2 Å². The Kier molecular flexibility index (Phi) is 20.5. The number of rotatable bonds is 29. The molecule has 0 unspecified atom stereocenters. The number of Topliss-reactive ketones (excluding diaryl/α,β-unsaturated/α-hetero) is 2. The van der Waals surface area contributed by atoms with Gasteiger partial charge in [0.2, 0.25) is 0 Å². The van der Waals surface area contributed by atoms with Crippen molar-refractivity contribution < 1.29 is 48.5 Å². The second-order valence-corrected chi connectivity index (χ2v) is 23.9.